The second-order valence-electron chi connectivity index (χ2n) is 9.45. The number of carbonyl (C=O) groups excluding carboxylic acids is 2. The normalized spacial score (nSPS) is 12.1. The minimum absolute atomic E-state index is 0.0446. The van der Waals surface area contributed by atoms with E-state index < -0.39 is 6.29 Å². The number of benzene rings is 2. The monoisotopic (exact) mass is 466 g/mol. The molecule has 0 fully saturated rings. The molecular weight excluding hydrogens is 428 g/mol. The maximum Gasteiger partial charge on any atom is 0.251 e. The Morgan fingerprint density at radius 2 is 1.50 bits per heavy atom. The zero-order valence-electron chi connectivity index (χ0n) is 21.4. The molecule has 0 aliphatic rings. The smallest absolute Gasteiger partial charge is 0.251 e. The van der Waals surface area contributed by atoms with Crippen molar-refractivity contribution in [2.75, 3.05) is 17.7 Å². The number of nitrogens with one attached hydrogen (secondary N) is 2. The van der Waals surface area contributed by atoms with Crippen LogP contribution >= 0.6 is 0 Å². The molecule has 2 amide bonds. The molecule has 184 valence electrons. The molecule has 0 heterocycles. The standard InChI is InChI=1S/C28H38N2O4/c1-16(2)23-13-21(9-18(5)26(23)29-15-31)12-22-10-19(6)27(24(14-22)17(3)4)30-28(33)20(7)11-25(32)34-8/h9-10,13-17,25,32H,7,11-12H2,1-6,8H3,(H,29,31)(H,30,33). The fourth-order valence-electron chi connectivity index (χ4n) is 4.15. The van der Waals surface area contributed by atoms with Gasteiger partial charge in [0.2, 0.25) is 6.41 Å². The molecule has 0 bridgehead atoms. The van der Waals surface area contributed by atoms with E-state index >= 15 is 0 Å². The second-order valence-corrected chi connectivity index (χ2v) is 9.45. The second kappa shape index (κ2) is 12.0. The molecule has 0 saturated carbocycles. The molecule has 2 aromatic carbocycles. The van der Waals surface area contributed by atoms with Crippen LogP contribution in [0.15, 0.2) is 36.4 Å². The van der Waals surface area contributed by atoms with E-state index in [4.69, 9.17) is 4.74 Å². The quantitative estimate of drug-likeness (QED) is 0.230. The summed E-state index contributed by atoms with van der Waals surface area (Å²) in [6, 6.07) is 8.51. The number of carbonyl (C=O) groups is 2. The summed E-state index contributed by atoms with van der Waals surface area (Å²) in [5.41, 5.74) is 8.40. The predicted octanol–water partition coefficient (Wildman–Crippen LogP) is 5.56. The highest BCUT2D eigenvalue weighted by Gasteiger charge is 2.18. The summed E-state index contributed by atoms with van der Waals surface area (Å²) in [7, 11) is 1.38. The Kier molecular flexibility index (Phi) is 9.59. The number of anilines is 2. The molecule has 1 atom stereocenters. The molecular formula is C28H38N2O4. The third-order valence-corrected chi connectivity index (χ3v) is 5.96. The van der Waals surface area contributed by atoms with Gasteiger partial charge in [0, 0.05) is 30.5 Å². The van der Waals surface area contributed by atoms with Crippen LogP contribution < -0.4 is 10.6 Å². The maximum absolute atomic E-state index is 12.7. The van der Waals surface area contributed by atoms with Crippen molar-refractivity contribution < 1.29 is 19.4 Å². The van der Waals surface area contributed by atoms with Crippen LogP contribution in [0.3, 0.4) is 0 Å². The van der Waals surface area contributed by atoms with Gasteiger partial charge in [0.1, 0.15) is 0 Å². The molecule has 0 spiro atoms. The number of aryl methyl sites for hydroxylation is 2. The lowest BCUT2D eigenvalue weighted by Crippen LogP contribution is -2.20. The van der Waals surface area contributed by atoms with E-state index in [1.54, 1.807) is 0 Å². The Morgan fingerprint density at radius 3 is 1.97 bits per heavy atom. The van der Waals surface area contributed by atoms with Crippen molar-refractivity contribution >= 4 is 23.7 Å². The third-order valence-electron chi connectivity index (χ3n) is 5.96. The van der Waals surface area contributed by atoms with Gasteiger partial charge in [-0.2, -0.15) is 0 Å². The average Bonchev–Trinajstić information content (AvgIpc) is 2.76. The molecule has 0 radical (unpaired) electrons. The molecule has 6 heteroatoms. The number of aliphatic hydroxyl groups is 1. The van der Waals surface area contributed by atoms with Crippen LogP contribution in [0, 0.1) is 13.8 Å². The minimum Gasteiger partial charge on any atom is -0.368 e. The molecule has 2 rings (SSSR count). The first kappa shape index (κ1) is 27.3. The van der Waals surface area contributed by atoms with Crippen LogP contribution in [0.25, 0.3) is 0 Å². The van der Waals surface area contributed by atoms with Gasteiger partial charge in [-0.1, -0.05) is 58.5 Å². The minimum atomic E-state index is -1.06. The molecule has 0 aliphatic heterocycles. The van der Waals surface area contributed by atoms with Crippen LogP contribution in [0.5, 0.6) is 0 Å². The van der Waals surface area contributed by atoms with E-state index in [1.807, 2.05) is 13.8 Å². The number of hydrogen-bond acceptors (Lipinski definition) is 4. The largest absolute Gasteiger partial charge is 0.368 e. The van der Waals surface area contributed by atoms with Gasteiger partial charge in [0.15, 0.2) is 6.29 Å². The molecule has 34 heavy (non-hydrogen) atoms. The van der Waals surface area contributed by atoms with Gasteiger partial charge in [-0.25, -0.2) is 0 Å². The van der Waals surface area contributed by atoms with Gasteiger partial charge in [-0.15, -0.1) is 0 Å². The van der Waals surface area contributed by atoms with Crippen molar-refractivity contribution in [3.05, 3.63) is 69.8 Å². The van der Waals surface area contributed by atoms with Gasteiger partial charge in [-0.05, 0) is 65.5 Å². The number of methoxy groups -OCH3 is 1. The average molecular weight is 467 g/mol. The van der Waals surface area contributed by atoms with Crippen LogP contribution in [0.2, 0.25) is 0 Å². The van der Waals surface area contributed by atoms with Gasteiger partial charge < -0.3 is 20.5 Å². The van der Waals surface area contributed by atoms with E-state index in [0.717, 1.165) is 52.0 Å². The van der Waals surface area contributed by atoms with Crippen molar-refractivity contribution in [2.24, 2.45) is 0 Å². The van der Waals surface area contributed by atoms with Crippen molar-refractivity contribution in [3.8, 4) is 0 Å². The van der Waals surface area contributed by atoms with E-state index in [0.29, 0.717) is 0 Å². The number of hydrogen-bond donors (Lipinski definition) is 3. The van der Waals surface area contributed by atoms with E-state index in [2.05, 4.69) is 69.2 Å². The van der Waals surface area contributed by atoms with Crippen LogP contribution in [-0.4, -0.2) is 30.8 Å². The van der Waals surface area contributed by atoms with Crippen LogP contribution in [-0.2, 0) is 20.7 Å². The Bertz CT molecular complexity index is 1060. The molecule has 1 unspecified atom stereocenters. The SMILES string of the molecule is C=C(CC(O)OC)C(=O)Nc1c(C)cc(Cc2cc(C)c(NC=O)c(C(C)C)c2)cc1C(C)C. The lowest BCUT2D eigenvalue weighted by atomic mass is 9.90. The Morgan fingerprint density at radius 1 is 1.00 bits per heavy atom. The fourth-order valence-corrected chi connectivity index (χ4v) is 4.15. The summed E-state index contributed by atoms with van der Waals surface area (Å²) in [4.78, 5) is 23.8. The van der Waals surface area contributed by atoms with Gasteiger partial charge in [-0.3, -0.25) is 9.59 Å². The lowest BCUT2D eigenvalue weighted by molar-refractivity contribution is -0.115. The number of amides is 2. The first-order chi connectivity index (χ1) is 16.0. The third kappa shape index (κ3) is 6.78. The molecule has 3 N–H and O–H groups in total. The highest BCUT2D eigenvalue weighted by molar-refractivity contribution is 6.04. The van der Waals surface area contributed by atoms with Gasteiger partial charge in [0.05, 0.1) is 0 Å². The zero-order chi connectivity index (χ0) is 25.6. The molecule has 0 aromatic heterocycles. The Balaban J connectivity index is 2.38. The Labute approximate surface area is 203 Å². The van der Waals surface area contributed by atoms with E-state index in [1.165, 1.54) is 12.7 Å². The highest BCUT2D eigenvalue weighted by Crippen LogP contribution is 2.33. The van der Waals surface area contributed by atoms with Crippen LogP contribution in [0.1, 0.15) is 79.3 Å². The van der Waals surface area contributed by atoms with Crippen LogP contribution in [0.4, 0.5) is 11.4 Å². The van der Waals surface area contributed by atoms with Crippen molar-refractivity contribution in [3.63, 3.8) is 0 Å². The first-order valence-electron chi connectivity index (χ1n) is 11.6. The van der Waals surface area contributed by atoms with Gasteiger partial charge in [0.25, 0.3) is 5.91 Å². The summed E-state index contributed by atoms with van der Waals surface area (Å²) in [6.45, 7) is 16.2. The number of rotatable bonds is 11. The molecule has 6 nitrogen and oxygen atoms in total. The van der Waals surface area contributed by atoms with E-state index in [9.17, 15) is 14.7 Å². The summed E-state index contributed by atoms with van der Waals surface area (Å²) in [6.07, 6.45) is 0.453. The maximum atomic E-state index is 12.7. The summed E-state index contributed by atoms with van der Waals surface area (Å²) in [5, 5.41) is 15.5. The zero-order valence-corrected chi connectivity index (χ0v) is 21.4. The van der Waals surface area contributed by atoms with Crippen molar-refractivity contribution in [1.29, 1.82) is 0 Å². The number of aliphatic hydroxyl groups excluding tert-OH is 1. The van der Waals surface area contributed by atoms with E-state index in [-0.39, 0.29) is 29.7 Å². The summed E-state index contributed by atoms with van der Waals surface area (Å²) >= 11 is 0. The van der Waals surface area contributed by atoms with Crippen molar-refractivity contribution in [1.82, 2.24) is 0 Å². The highest BCUT2D eigenvalue weighted by atomic mass is 16.6. The summed E-state index contributed by atoms with van der Waals surface area (Å²) < 4.78 is 4.83. The van der Waals surface area contributed by atoms with Crippen molar-refractivity contribution in [2.45, 2.75) is 72.5 Å². The topological polar surface area (TPSA) is 87.7 Å². The summed E-state index contributed by atoms with van der Waals surface area (Å²) in [5.74, 6) is 0.139. The first-order valence-corrected chi connectivity index (χ1v) is 11.6. The molecule has 0 saturated heterocycles. The van der Waals surface area contributed by atoms with Gasteiger partial charge >= 0.3 is 0 Å². The Hall–Kier alpha value is -2.96. The molecule has 2 aromatic rings. The lowest BCUT2D eigenvalue weighted by Gasteiger charge is -2.20. The molecule has 0 aliphatic carbocycles. The predicted molar refractivity (Wildman–Crippen MR) is 138 cm³/mol. The fraction of sp³-hybridized carbons (Fsp3) is 0.429. The number of ether oxygens (including phenoxy) is 1.